The number of amides is 3. The first-order valence-corrected chi connectivity index (χ1v) is 18.7. The van der Waals surface area contributed by atoms with E-state index in [1.54, 1.807) is 0 Å². The molecule has 0 saturated carbocycles. The Morgan fingerprint density at radius 1 is 1.13 bits per heavy atom. The molecule has 7 rings (SSSR count). The molecule has 0 spiro atoms. The summed E-state index contributed by atoms with van der Waals surface area (Å²) in [6.45, 7) is 0.166. The molecule has 1 aliphatic carbocycles. The van der Waals surface area contributed by atoms with Gasteiger partial charge in [-0.3, -0.25) is 23.5 Å². The van der Waals surface area contributed by atoms with Crippen LogP contribution < -0.4 is 39.3 Å². The summed E-state index contributed by atoms with van der Waals surface area (Å²) >= 11 is 1.07. The number of nitrogens with one attached hydrogen (secondary N) is 2. The number of anilines is 1. The molecule has 2 aromatic heterocycles. The highest BCUT2D eigenvalue weighted by Crippen LogP contribution is 2.37. The summed E-state index contributed by atoms with van der Waals surface area (Å²) in [4.78, 5) is 64.2. The van der Waals surface area contributed by atoms with E-state index < -0.39 is 46.1 Å². The van der Waals surface area contributed by atoms with Crippen molar-refractivity contribution in [1.29, 1.82) is 0 Å². The maximum absolute atomic E-state index is 14.4. The van der Waals surface area contributed by atoms with Crippen LogP contribution in [0.5, 0.6) is 0 Å². The SMILES string of the molecule is C[n+]1cccn1CC1=C(C(=O)OC(c2ccccc2)c2ccccc2)N2C(=O)[C@@H](NC(=O)C(=NOC3C=CCC3)c3csc(NC=O)n3)[C@H]2S(=O)C1.[I-]. The molecular weight excluding hydrogens is 833 g/mol. The molecule has 0 bridgehead atoms. The number of carbonyl (C=O) groups is 4. The summed E-state index contributed by atoms with van der Waals surface area (Å²) in [6, 6.07) is 19.1. The lowest BCUT2D eigenvalue weighted by Gasteiger charge is -2.49. The highest BCUT2D eigenvalue weighted by atomic mass is 127. The number of rotatable bonds is 13. The van der Waals surface area contributed by atoms with E-state index >= 15 is 0 Å². The van der Waals surface area contributed by atoms with Gasteiger partial charge in [0.2, 0.25) is 6.41 Å². The number of esters is 1. The lowest BCUT2D eigenvalue weighted by molar-refractivity contribution is -0.752. The Kier molecular flexibility index (Phi) is 11.9. The maximum atomic E-state index is 14.4. The Morgan fingerprint density at radius 3 is 2.47 bits per heavy atom. The molecule has 2 aliphatic heterocycles. The van der Waals surface area contributed by atoms with Crippen LogP contribution in [0.15, 0.2) is 113 Å². The number of nitrogens with zero attached hydrogens (tertiary/aromatic N) is 5. The van der Waals surface area contributed by atoms with Crippen LogP contribution in [-0.2, 0) is 53.1 Å². The quantitative estimate of drug-likeness (QED) is 0.0265. The van der Waals surface area contributed by atoms with Gasteiger partial charge in [-0.05, 0) is 35.6 Å². The molecule has 14 nitrogen and oxygen atoms in total. The second-order valence-electron chi connectivity index (χ2n) is 12.2. The van der Waals surface area contributed by atoms with E-state index in [0.29, 0.717) is 18.4 Å². The van der Waals surface area contributed by atoms with Gasteiger partial charge in [0, 0.05) is 11.4 Å². The summed E-state index contributed by atoms with van der Waals surface area (Å²) in [6.07, 6.45) is 8.19. The van der Waals surface area contributed by atoms with E-state index in [4.69, 9.17) is 9.57 Å². The first kappa shape index (κ1) is 37.7. The van der Waals surface area contributed by atoms with Crippen molar-refractivity contribution in [3.63, 3.8) is 0 Å². The molecule has 2 unspecified atom stereocenters. The second-order valence-corrected chi connectivity index (χ2v) is 14.6. The van der Waals surface area contributed by atoms with Gasteiger partial charge in [0.1, 0.15) is 35.5 Å². The van der Waals surface area contributed by atoms with Crippen molar-refractivity contribution >= 4 is 57.2 Å². The van der Waals surface area contributed by atoms with Gasteiger partial charge in [-0.15, -0.1) is 16.0 Å². The van der Waals surface area contributed by atoms with Crippen molar-refractivity contribution < 1.29 is 61.6 Å². The summed E-state index contributed by atoms with van der Waals surface area (Å²) < 4.78 is 23.8. The molecule has 2 N–H and O–H groups in total. The number of β-lactam (4-membered cyclic amide) rings is 1. The number of aromatic nitrogens is 3. The molecule has 274 valence electrons. The predicted molar refractivity (Wildman–Crippen MR) is 191 cm³/mol. The Balaban J connectivity index is 0.00000481. The molecule has 17 heteroatoms. The van der Waals surface area contributed by atoms with Crippen molar-refractivity contribution in [1.82, 2.24) is 19.9 Å². The van der Waals surface area contributed by atoms with Crippen molar-refractivity contribution in [3.05, 3.63) is 125 Å². The first-order valence-electron chi connectivity index (χ1n) is 16.4. The molecular formula is C36H34IN7O7S2. The van der Waals surface area contributed by atoms with E-state index in [-0.39, 0.29) is 64.6 Å². The minimum absolute atomic E-state index is 0. The van der Waals surface area contributed by atoms with Crippen LogP contribution in [0.25, 0.3) is 0 Å². The number of carbonyl (C=O) groups excluding carboxylic acids is 4. The Hall–Kier alpha value is -5.01. The van der Waals surface area contributed by atoms with Crippen LogP contribution in [0, 0.1) is 0 Å². The van der Waals surface area contributed by atoms with Crippen molar-refractivity contribution in [3.8, 4) is 0 Å². The molecule has 53 heavy (non-hydrogen) atoms. The summed E-state index contributed by atoms with van der Waals surface area (Å²) in [5.74, 6) is -2.24. The standard InChI is InChI=1S/C36H33N7O7S2.HI/c1-41-17-10-18-42(41)19-25-21-52(48)34-29(39-32(45)28(40-50-26-15-8-9-16-26)27-20-51-36(38-27)37-22-44)33(46)43(34)30(25)35(47)49-31(23-11-4-2-5-12-23)24-13-6-3-7-14-24;/h2-8,10-15,17-18,20,22,26,29,31,34H,9,16,19,21H2,1H3,(H-,37,38,39,44,45);1H/t26?,29-,34-,52?;/m1./s1. The fourth-order valence-electron chi connectivity index (χ4n) is 6.25. The average molecular weight is 868 g/mol. The van der Waals surface area contributed by atoms with Gasteiger partial charge in [0.25, 0.3) is 11.8 Å². The topological polar surface area (TPSA) is 165 Å². The lowest BCUT2D eigenvalue weighted by Crippen LogP contribution is -3.00. The zero-order chi connectivity index (χ0) is 36.2. The number of hydrogen-bond acceptors (Lipinski definition) is 10. The fourth-order valence-corrected chi connectivity index (χ4v) is 8.58. The average Bonchev–Trinajstić information content (AvgIpc) is 3.94. The zero-order valence-electron chi connectivity index (χ0n) is 28.2. The number of oxime groups is 1. The molecule has 1 fully saturated rings. The van der Waals surface area contributed by atoms with E-state index in [2.05, 4.69) is 20.8 Å². The predicted octanol–water partition coefficient (Wildman–Crippen LogP) is -0.517. The number of allylic oxidation sites excluding steroid dienone is 1. The van der Waals surface area contributed by atoms with Crippen LogP contribution in [0.4, 0.5) is 5.13 Å². The van der Waals surface area contributed by atoms with Gasteiger partial charge in [-0.1, -0.05) is 71.9 Å². The van der Waals surface area contributed by atoms with Crippen LogP contribution in [0.1, 0.15) is 35.8 Å². The van der Waals surface area contributed by atoms with Crippen LogP contribution >= 0.6 is 11.3 Å². The van der Waals surface area contributed by atoms with Crippen LogP contribution in [0.3, 0.4) is 0 Å². The highest BCUT2D eigenvalue weighted by Gasteiger charge is 2.58. The Bertz CT molecular complexity index is 2080. The van der Waals surface area contributed by atoms with Gasteiger partial charge in [0.05, 0.1) is 22.7 Å². The third kappa shape index (κ3) is 8.01. The van der Waals surface area contributed by atoms with Gasteiger partial charge in [-0.25, -0.2) is 9.78 Å². The van der Waals surface area contributed by atoms with E-state index in [1.165, 1.54) is 10.3 Å². The molecule has 4 heterocycles. The minimum atomic E-state index is -1.72. The summed E-state index contributed by atoms with van der Waals surface area (Å²) in [5, 5.41) is 9.90. The fraction of sp³-hybridized carbons (Fsp3) is 0.250. The first-order chi connectivity index (χ1) is 25.3. The molecule has 2 aromatic carbocycles. The third-order valence-electron chi connectivity index (χ3n) is 8.82. The Labute approximate surface area is 328 Å². The van der Waals surface area contributed by atoms with E-state index in [9.17, 15) is 23.4 Å². The van der Waals surface area contributed by atoms with Crippen LogP contribution in [0.2, 0.25) is 0 Å². The normalized spacial score (nSPS) is 20.7. The number of ether oxygens (including phenoxy) is 1. The Morgan fingerprint density at radius 2 is 1.85 bits per heavy atom. The van der Waals surface area contributed by atoms with Crippen LogP contribution in [-0.4, -0.2) is 72.0 Å². The number of benzene rings is 2. The number of aryl methyl sites for hydroxylation is 1. The third-order valence-corrected chi connectivity index (χ3v) is 11.3. The smallest absolute Gasteiger partial charge is 0.356 e. The number of halogens is 1. The molecule has 3 aliphatic rings. The van der Waals surface area contributed by atoms with E-state index in [1.807, 2.05) is 108 Å². The molecule has 3 amide bonds. The summed E-state index contributed by atoms with van der Waals surface area (Å²) in [7, 11) is 0.110. The van der Waals surface area contributed by atoms with Crippen molar-refractivity contribution in [2.24, 2.45) is 12.2 Å². The molecule has 0 radical (unpaired) electrons. The summed E-state index contributed by atoms with van der Waals surface area (Å²) in [5.41, 5.74) is 1.77. The van der Waals surface area contributed by atoms with Crippen molar-refractivity contribution in [2.45, 2.75) is 43.0 Å². The molecule has 1 saturated heterocycles. The highest BCUT2D eigenvalue weighted by molar-refractivity contribution is 7.86. The van der Waals surface area contributed by atoms with Gasteiger partial charge in [-0.2, -0.15) is 4.68 Å². The molecule has 4 atom stereocenters. The number of hydrogen-bond donors (Lipinski definition) is 2. The number of thiazole rings is 1. The van der Waals surface area contributed by atoms with Gasteiger partial charge >= 0.3 is 5.97 Å². The lowest BCUT2D eigenvalue weighted by atomic mass is 10.0. The molecule has 4 aromatic rings. The monoisotopic (exact) mass is 867 g/mol. The largest absolute Gasteiger partial charge is 1.00 e. The zero-order valence-corrected chi connectivity index (χ0v) is 32.0. The van der Waals surface area contributed by atoms with Gasteiger partial charge in [0.15, 0.2) is 30.2 Å². The minimum Gasteiger partial charge on any atom is -1.00 e. The van der Waals surface area contributed by atoms with Gasteiger partial charge < -0.3 is 44.2 Å². The number of fused-ring (bicyclic) bond motifs is 1. The maximum Gasteiger partial charge on any atom is 0.356 e. The van der Waals surface area contributed by atoms with E-state index in [0.717, 1.165) is 28.9 Å². The second kappa shape index (κ2) is 16.8. The van der Waals surface area contributed by atoms with Crippen molar-refractivity contribution in [2.75, 3.05) is 11.1 Å².